The Bertz CT molecular complexity index is 147. The highest BCUT2D eigenvalue weighted by molar-refractivity contribution is 5.83. The van der Waals surface area contributed by atoms with Crippen LogP contribution in [0.5, 0.6) is 0 Å². The fraction of sp³-hybridized carbons (Fsp3) is 0.875. The van der Waals surface area contributed by atoms with Gasteiger partial charge >= 0.3 is 0 Å². The second kappa shape index (κ2) is 3.83. The summed E-state index contributed by atoms with van der Waals surface area (Å²) in [6.07, 6.45) is 2.66. The summed E-state index contributed by atoms with van der Waals surface area (Å²) < 4.78 is 4.89. The van der Waals surface area contributed by atoms with Crippen molar-refractivity contribution in [3.63, 3.8) is 0 Å². The lowest BCUT2D eigenvalue weighted by Gasteiger charge is -2.15. The first kappa shape index (κ1) is 8.68. The molecule has 1 aliphatic carbocycles. The van der Waals surface area contributed by atoms with Gasteiger partial charge in [-0.25, -0.2) is 0 Å². The van der Waals surface area contributed by atoms with Gasteiger partial charge in [-0.05, 0) is 12.8 Å². The number of ether oxygens (including phenoxy) is 1. The molecule has 11 heavy (non-hydrogen) atoms. The van der Waals surface area contributed by atoms with Crippen molar-refractivity contribution in [1.82, 2.24) is 0 Å². The first-order chi connectivity index (χ1) is 5.25. The first-order valence-corrected chi connectivity index (χ1v) is 4.03. The molecule has 0 saturated heterocycles. The van der Waals surface area contributed by atoms with Gasteiger partial charge < -0.3 is 10.5 Å². The van der Waals surface area contributed by atoms with Crippen molar-refractivity contribution in [2.75, 3.05) is 13.7 Å². The number of carbonyl (C=O) groups excluding carboxylic acids is 1. The number of methoxy groups -OCH3 is 1. The molecule has 2 N–H and O–H groups in total. The van der Waals surface area contributed by atoms with Crippen LogP contribution in [0.2, 0.25) is 0 Å². The Kier molecular flexibility index (Phi) is 3.02. The fourth-order valence-electron chi connectivity index (χ4n) is 1.60. The lowest BCUT2D eigenvalue weighted by Crippen LogP contribution is -2.36. The maximum atomic E-state index is 11.2. The fourth-order valence-corrected chi connectivity index (χ4v) is 1.60. The standard InChI is InChI=1S/C8H15NO2/c1-11-5-7(9)6-3-2-4-8(6)10/h6-7H,2-5,9H2,1H3. The summed E-state index contributed by atoms with van der Waals surface area (Å²) >= 11 is 0. The van der Waals surface area contributed by atoms with Crippen molar-refractivity contribution >= 4 is 5.78 Å². The maximum absolute atomic E-state index is 11.2. The molecular weight excluding hydrogens is 142 g/mol. The molecule has 0 aliphatic heterocycles. The summed E-state index contributed by atoms with van der Waals surface area (Å²) in [5, 5.41) is 0. The molecule has 2 unspecified atom stereocenters. The number of carbonyl (C=O) groups is 1. The van der Waals surface area contributed by atoms with Gasteiger partial charge in [-0.3, -0.25) is 4.79 Å². The monoisotopic (exact) mass is 157 g/mol. The second-order valence-electron chi connectivity index (χ2n) is 3.08. The normalized spacial score (nSPS) is 27.5. The molecule has 0 amide bonds. The number of hydrogen-bond donors (Lipinski definition) is 1. The summed E-state index contributed by atoms with van der Waals surface area (Å²) in [4.78, 5) is 11.2. The highest BCUT2D eigenvalue weighted by atomic mass is 16.5. The van der Waals surface area contributed by atoms with Crippen LogP contribution < -0.4 is 5.73 Å². The number of hydrogen-bond acceptors (Lipinski definition) is 3. The zero-order chi connectivity index (χ0) is 8.27. The molecule has 0 heterocycles. The highest BCUT2D eigenvalue weighted by Crippen LogP contribution is 2.23. The average molecular weight is 157 g/mol. The molecule has 0 aromatic rings. The van der Waals surface area contributed by atoms with Crippen LogP contribution in [0.3, 0.4) is 0 Å². The zero-order valence-corrected chi connectivity index (χ0v) is 6.88. The van der Waals surface area contributed by atoms with Crippen LogP contribution in [0.1, 0.15) is 19.3 Å². The SMILES string of the molecule is COCC(N)C1CCCC1=O. The Balaban J connectivity index is 2.39. The van der Waals surface area contributed by atoms with Crippen LogP contribution in [-0.4, -0.2) is 25.5 Å². The third kappa shape index (κ3) is 2.01. The van der Waals surface area contributed by atoms with E-state index in [0.717, 1.165) is 12.8 Å². The molecule has 1 fully saturated rings. The van der Waals surface area contributed by atoms with Crippen molar-refractivity contribution in [2.45, 2.75) is 25.3 Å². The van der Waals surface area contributed by atoms with E-state index in [1.165, 1.54) is 0 Å². The number of Topliss-reactive ketones (excluding diaryl/α,β-unsaturated/α-hetero) is 1. The van der Waals surface area contributed by atoms with Crippen LogP contribution in [-0.2, 0) is 9.53 Å². The maximum Gasteiger partial charge on any atom is 0.137 e. The van der Waals surface area contributed by atoms with Gasteiger partial charge in [0.05, 0.1) is 6.61 Å². The molecule has 0 bridgehead atoms. The molecule has 3 nitrogen and oxygen atoms in total. The van der Waals surface area contributed by atoms with Crippen LogP contribution in [0.4, 0.5) is 0 Å². The summed E-state index contributed by atoms with van der Waals surface area (Å²) in [6, 6.07) is -0.0880. The van der Waals surface area contributed by atoms with Gasteiger partial charge in [0, 0.05) is 25.5 Å². The van der Waals surface area contributed by atoms with Gasteiger partial charge in [-0.1, -0.05) is 0 Å². The van der Waals surface area contributed by atoms with E-state index in [1.807, 2.05) is 0 Å². The smallest absolute Gasteiger partial charge is 0.137 e. The molecule has 1 saturated carbocycles. The first-order valence-electron chi connectivity index (χ1n) is 4.03. The number of rotatable bonds is 3. The molecule has 1 rings (SSSR count). The number of nitrogens with two attached hydrogens (primary N) is 1. The van der Waals surface area contributed by atoms with Gasteiger partial charge in [-0.15, -0.1) is 0 Å². The molecule has 0 aromatic heterocycles. The summed E-state index contributed by atoms with van der Waals surface area (Å²) in [5.41, 5.74) is 5.73. The molecule has 1 aliphatic rings. The highest BCUT2D eigenvalue weighted by Gasteiger charge is 2.29. The molecular formula is C8H15NO2. The van der Waals surface area contributed by atoms with Crippen LogP contribution in [0.15, 0.2) is 0 Å². The Morgan fingerprint density at radius 1 is 1.82 bits per heavy atom. The molecule has 0 spiro atoms. The lowest BCUT2D eigenvalue weighted by molar-refractivity contribution is -0.121. The Labute approximate surface area is 66.9 Å². The molecule has 0 aromatic carbocycles. The zero-order valence-electron chi connectivity index (χ0n) is 6.88. The van der Waals surface area contributed by atoms with E-state index >= 15 is 0 Å². The quantitative estimate of drug-likeness (QED) is 0.642. The van der Waals surface area contributed by atoms with Crippen molar-refractivity contribution in [3.05, 3.63) is 0 Å². The van der Waals surface area contributed by atoms with Gasteiger partial charge in [0.1, 0.15) is 5.78 Å². The van der Waals surface area contributed by atoms with E-state index < -0.39 is 0 Å². The summed E-state index contributed by atoms with van der Waals surface area (Å²) in [6.45, 7) is 0.496. The Morgan fingerprint density at radius 2 is 2.55 bits per heavy atom. The average Bonchev–Trinajstić information content (AvgIpc) is 2.36. The van der Waals surface area contributed by atoms with E-state index in [4.69, 9.17) is 10.5 Å². The second-order valence-corrected chi connectivity index (χ2v) is 3.08. The van der Waals surface area contributed by atoms with Gasteiger partial charge in [0.25, 0.3) is 0 Å². The van der Waals surface area contributed by atoms with E-state index in [-0.39, 0.29) is 12.0 Å². The molecule has 2 atom stereocenters. The lowest BCUT2D eigenvalue weighted by atomic mass is 9.99. The minimum Gasteiger partial charge on any atom is -0.383 e. The van der Waals surface area contributed by atoms with Gasteiger partial charge in [-0.2, -0.15) is 0 Å². The van der Waals surface area contributed by atoms with Crippen molar-refractivity contribution in [3.8, 4) is 0 Å². The van der Waals surface area contributed by atoms with Crippen LogP contribution in [0, 0.1) is 5.92 Å². The molecule has 3 heteroatoms. The summed E-state index contributed by atoms with van der Waals surface area (Å²) in [5.74, 6) is 0.379. The van der Waals surface area contributed by atoms with Crippen molar-refractivity contribution in [1.29, 1.82) is 0 Å². The molecule has 0 radical (unpaired) electrons. The van der Waals surface area contributed by atoms with Crippen LogP contribution in [0.25, 0.3) is 0 Å². The van der Waals surface area contributed by atoms with Crippen molar-refractivity contribution in [2.24, 2.45) is 11.7 Å². The minimum absolute atomic E-state index is 0.0648. The van der Waals surface area contributed by atoms with E-state index in [1.54, 1.807) is 7.11 Å². The van der Waals surface area contributed by atoms with Gasteiger partial charge in [0.2, 0.25) is 0 Å². The van der Waals surface area contributed by atoms with Crippen molar-refractivity contribution < 1.29 is 9.53 Å². The minimum atomic E-state index is -0.0880. The third-order valence-corrected chi connectivity index (χ3v) is 2.23. The van der Waals surface area contributed by atoms with E-state index in [9.17, 15) is 4.79 Å². The predicted octanol–water partition coefficient (Wildman–Crippen LogP) is 0.329. The predicted molar refractivity (Wildman–Crippen MR) is 42.2 cm³/mol. The van der Waals surface area contributed by atoms with E-state index in [2.05, 4.69) is 0 Å². The number of ketones is 1. The Morgan fingerprint density at radius 3 is 3.00 bits per heavy atom. The van der Waals surface area contributed by atoms with Gasteiger partial charge in [0.15, 0.2) is 0 Å². The van der Waals surface area contributed by atoms with Crippen LogP contribution >= 0.6 is 0 Å². The third-order valence-electron chi connectivity index (χ3n) is 2.23. The topological polar surface area (TPSA) is 52.3 Å². The Hall–Kier alpha value is -0.410. The van der Waals surface area contributed by atoms with E-state index in [0.29, 0.717) is 18.8 Å². The largest absolute Gasteiger partial charge is 0.383 e. The molecule has 64 valence electrons. The summed E-state index contributed by atoms with van der Waals surface area (Å²) in [7, 11) is 1.61.